The van der Waals surface area contributed by atoms with E-state index in [9.17, 15) is 10.1 Å². The van der Waals surface area contributed by atoms with Crippen molar-refractivity contribution in [3.63, 3.8) is 0 Å². The quantitative estimate of drug-likeness (QED) is 0.671. The fourth-order valence-electron chi connectivity index (χ4n) is 3.19. The third kappa shape index (κ3) is 2.89. The standard InChI is InChI=1S/C17H19N5O2/c23-22(24)15-11-18-17(20-16(15)19-13-8-9-13)21-10-4-7-14(21)12-5-2-1-3-6-12/h1-3,5-6,11,13-14H,4,7-10H2,(H,18,19,20). The van der Waals surface area contributed by atoms with E-state index >= 15 is 0 Å². The van der Waals surface area contributed by atoms with Crippen LogP contribution in [-0.4, -0.2) is 27.5 Å². The van der Waals surface area contributed by atoms with Crippen LogP contribution < -0.4 is 10.2 Å². The highest BCUT2D eigenvalue weighted by atomic mass is 16.6. The molecule has 24 heavy (non-hydrogen) atoms. The fraction of sp³-hybridized carbons (Fsp3) is 0.412. The van der Waals surface area contributed by atoms with Gasteiger partial charge in [-0.15, -0.1) is 0 Å². The second-order valence-electron chi connectivity index (χ2n) is 6.34. The third-order valence-electron chi connectivity index (χ3n) is 4.57. The van der Waals surface area contributed by atoms with E-state index in [2.05, 4.69) is 32.3 Å². The van der Waals surface area contributed by atoms with Crippen LogP contribution in [0.2, 0.25) is 0 Å². The van der Waals surface area contributed by atoms with Gasteiger partial charge >= 0.3 is 5.69 Å². The molecule has 0 bridgehead atoms. The number of anilines is 2. The zero-order valence-electron chi connectivity index (χ0n) is 13.3. The van der Waals surface area contributed by atoms with Gasteiger partial charge in [0.1, 0.15) is 6.20 Å². The second-order valence-corrected chi connectivity index (χ2v) is 6.34. The lowest BCUT2D eigenvalue weighted by Crippen LogP contribution is -2.25. The van der Waals surface area contributed by atoms with Crippen LogP contribution in [0.1, 0.15) is 37.3 Å². The fourth-order valence-corrected chi connectivity index (χ4v) is 3.19. The van der Waals surface area contributed by atoms with Gasteiger partial charge in [-0.3, -0.25) is 10.1 Å². The van der Waals surface area contributed by atoms with Crippen LogP contribution in [0.25, 0.3) is 0 Å². The molecule has 0 spiro atoms. The monoisotopic (exact) mass is 325 g/mol. The molecule has 2 aliphatic rings. The summed E-state index contributed by atoms with van der Waals surface area (Å²) < 4.78 is 0. The highest BCUT2D eigenvalue weighted by Gasteiger charge is 2.31. The maximum Gasteiger partial charge on any atom is 0.329 e. The van der Waals surface area contributed by atoms with Crippen molar-refractivity contribution in [3.8, 4) is 0 Å². The normalized spacial score (nSPS) is 20.2. The Morgan fingerprint density at radius 2 is 2.00 bits per heavy atom. The SMILES string of the molecule is O=[N+]([O-])c1cnc(N2CCCC2c2ccccc2)nc1NC1CC1. The van der Waals surface area contributed by atoms with Crippen LogP contribution in [-0.2, 0) is 0 Å². The molecule has 1 saturated carbocycles. The molecule has 2 heterocycles. The number of hydrogen-bond donors (Lipinski definition) is 1. The Morgan fingerprint density at radius 1 is 1.21 bits per heavy atom. The van der Waals surface area contributed by atoms with E-state index in [1.54, 1.807) is 0 Å². The molecule has 4 rings (SSSR count). The lowest BCUT2D eigenvalue weighted by Gasteiger charge is -2.25. The van der Waals surface area contributed by atoms with E-state index < -0.39 is 4.92 Å². The molecule has 1 unspecified atom stereocenters. The zero-order chi connectivity index (χ0) is 16.5. The molecular weight excluding hydrogens is 306 g/mol. The van der Waals surface area contributed by atoms with Gasteiger partial charge in [0.25, 0.3) is 0 Å². The summed E-state index contributed by atoms with van der Waals surface area (Å²) in [5, 5.41) is 14.4. The molecule has 124 valence electrons. The molecule has 2 aromatic rings. The smallest absolute Gasteiger partial charge is 0.329 e. The molecule has 1 aromatic heterocycles. The summed E-state index contributed by atoms with van der Waals surface area (Å²) in [6, 6.07) is 10.8. The topological polar surface area (TPSA) is 84.2 Å². The summed E-state index contributed by atoms with van der Waals surface area (Å²) in [4.78, 5) is 21.7. The van der Waals surface area contributed by atoms with Gasteiger partial charge < -0.3 is 10.2 Å². The maximum absolute atomic E-state index is 11.2. The van der Waals surface area contributed by atoms with Gasteiger partial charge in [-0.2, -0.15) is 4.98 Å². The maximum atomic E-state index is 11.2. The van der Waals surface area contributed by atoms with Gasteiger partial charge in [0.15, 0.2) is 0 Å². The van der Waals surface area contributed by atoms with Gasteiger partial charge in [0.05, 0.1) is 11.0 Å². The van der Waals surface area contributed by atoms with Gasteiger partial charge in [-0.1, -0.05) is 30.3 Å². The average Bonchev–Trinajstić information content (AvgIpc) is 3.27. The molecule has 1 saturated heterocycles. The van der Waals surface area contributed by atoms with E-state index in [0.717, 1.165) is 32.2 Å². The molecule has 7 heteroatoms. The van der Waals surface area contributed by atoms with Crippen molar-refractivity contribution in [1.29, 1.82) is 0 Å². The summed E-state index contributed by atoms with van der Waals surface area (Å²) >= 11 is 0. The van der Waals surface area contributed by atoms with E-state index in [-0.39, 0.29) is 11.7 Å². The molecule has 0 radical (unpaired) electrons. The number of nitrogens with zero attached hydrogens (tertiary/aromatic N) is 4. The van der Waals surface area contributed by atoms with Crippen LogP contribution in [0.5, 0.6) is 0 Å². The largest absolute Gasteiger partial charge is 0.361 e. The highest BCUT2D eigenvalue weighted by Crippen LogP contribution is 2.36. The second kappa shape index (κ2) is 6.07. The summed E-state index contributed by atoms with van der Waals surface area (Å²) in [6.45, 7) is 0.861. The summed E-state index contributed by atoms with van der Waals surface area (Å²) in [5.41, 5.74) is 1.18. The van der Waals surface area contributed by atoms with Crippen LogP contribution in [0, 0.1) is 10.1 Å². The Bertz CT molecular complexity index is 748. The average molecular weight is 325 g/mol. The molecule has 1 aliphatic heterocycles. The predicted octanol–water partition coefficient (Wildman–Crippen LogP) is 3.30. The molecule has 1 N–H and O–H groups in total. The van der Waals surface area contributed by atoms with Crippen LogP contribution >= 0.6 is 0 Å². The number of rotatable bonds is 5. The first-order valence-electron chi connectivity index (χ1n) is 8.32. The Labute approximate surface area is 139 Å². The van der Waals surface area contributed by atoms with E-state index in [4.69, 9.17) is 0 Å². The molecule has 7 nitrogen and oxygen atoms in total. The Hall–Kier alpha value is -2.70. The van der Waals surface area contributed by atoms with Gasteiger partial charge in [0, 0.05) is 12.6 Å². The molecular formula is C17H19N5O2. The van der Waals surface area contributed by atoms with E-state index in [1.807, 2.05) is 18.2 Å². The van der Waals surface area contributed by atoms with Gasteiger partial charge in [0.2, 0.25) is 11.8 Å². The van der Waals surface area contributed by atoms with Crippen LogP contribution in [0.3, 0.4) is 0 Å². The van der Waals surface area contributed by atoms with Crippen molar-refractivity contribution >= 4 is 17.5 Å². The van der Waals surface area contributed by atoms with Crippen molar-refractivity contribution in [3.05, 3.63) is 52.2 Å². The molecule has 1 aromatic carbocycles. The van der Waals surface area contributed by atoms with E-state index in [1.165, 1.54) is 11.8 Å². The first-order chi connectivity index (χ1) is 11.7. The Balaban J connectivity index is 1.66. The minimum Gasteiger partial charge on any atom is -0.361 e. The van der Waals surface area contributed by atoms with Crippen LogP contribution in [0.15, 0.2) is 36.5 Å². The lowest BCUT2D eigenvalue weighted by molar-refractivity contribution is -0.384. The summed E-state index contributed by atoms with van der Waals surface area (Å²) in [6.07, 6.45) is 5.49. The number of nitro groups is 1. The Morgan fingerprint density at radius 3 is 2.71 bits per heavy atom. The number of benzene rings is 1. The summed E-state index contributed by atoms with van der Waals surface area (Å²) in [5.74, 6) is 0.904. The minimum atomic E-state index is -0.423. The van der Waals surface area contributed by atoms with Crippen LogP contribution in [0.4, 0.5) is 17.5 Å². The van der Waals surface area contributed by atoms with Gasteiger partial charge in [-0.05, 0) is 31.2 Å². The highest BCUT2D eigenvalue weighted by molar-refractivity contribution is 5.59. The number of nitrogens with one attached hydrogen (secondary N) is 1. The molecule has 2 fully saturated rings. The van der Waals surface area contributed by atoms with Crippen molar-refractivity contribution in [2.75, 3.05) is 16.8 Å². The minimum absolute atomic E-state index is 0.0545. The predicted molar refractivity (Wildman–Crippen MR) is 91.1 cm³/mol. The Kier molecular flexibility index (Phi) is 3.76. The number of aromatic nitrogens is 2. The molecule has 1 aliphatic carbocycles. The lowest BCUT2D eigenvalue weighted by atomic mass is 10.1. The first-order valence-corrected chi connectivity index (χ1v) is 8.32. The van der Waals surface area contributed by atoms with Crippen molar-refractivity contribution in [2.24, 2.45) is 0 Å². The first kappa shape index (κ1) is 14.9. The summed E-state index contributed by atoms with van der Waals surface area (Å²) in [7, 11) is 0. The number of hydrogen-bond acceptors (Lipinski definition) is 6. The zero-order valence-corrected chi connectivity index (χ0v) is 13.3. The molecule has 0 amide bonds. The van der Waals surface area contributed by atoms with Crippen molar-refractivity contribution in [1.82, 2.24) is 9.97 Å². The van der Waals surface area contributed by atoms with Crippen molar-refractivity contribution < 1.29 is 4.92 Å². The van der Waals surface area contributed by atoms with E-state index in [0.29, 0.717) is 17.8 Å². The third-order valence-corrected chi connectivity index (χ3v) is 4.57. The van der Waals surface area contributed by atoms with Crippen molar-refractivity contribution in [2.45, 2.75) is 37.8 Å². The van der Waals surface area contributed by atoms with Gasteiger partial charge in [-0.25, -0.2) is 4.98 Å². The molecule has 1 atom stereocenters.